The number of ketones is 1. The van der Waals surface area contributed by atoms with E-state index < -0.39 is 56.0 Å². The minimum atomic E-state index is -4.89. The van der Waals surface area contributed by atoms with E-state index in [1.54, 1.807) is 60.7 Å². The molecule has 0 radical (unpaired) electrons. The number of aromatic amines is 1. The van der Waals surface area contributed by atoms with Crippen LogP contribution >= 0.6 is 7.82 Å². The second-order valence-corrected chi connectivity index (χ2v) is 9.62. The number of phosphoric ester groups is 1. The van der Waals surface area contributed by atoms with Crippen LogP contribution in [0.1, 0.15) is 40.2 Å². The van der Waals surface area contributed by atoms with Gasteiger partial charge < -0.3 is 14.7 Å². The van der Waals surface area contributed by atoms with Crippen molar-refractivity contribution < 1.29 is 33.1 Å². The van der Waals surface area contributed by atoms with Gasteiger partial charge in [0.2, 0.25) is 0 Å². The highest BCUT2D eigenvalue weighted by Gasteiger charge is 2.43. The van der Waals surface area contributed by atoms with Crippen LogP contribution in [0, 0.1) is 6.92 Å². The number of nitrogens with zero attached hydrogens (tertiary/aromatic N) is 1. The number of carbonyl (C=O) groups excluding carboxylic acids is 1. The number of H-pyrrole nitrogens is 1. The first-order valence-corrected chi connectivity index (χ1v) is 12.6. The second kappa shape index (κ2) is 10.8. The lowest BCUT2D eigenvalue weighted by atomic mass is 10.0. The van der Waals surface area contributed by atoms with Crippen LogP contribution < -0.4 is 11.2 Å². The van der Waals surface area contributed by atoms with Gasteiger partial charge in [-0.15, -0.1) is 0 Å². The Hall–Kier alpha value is -3.18. The highest BCUT2D eigenvalue weighted by atomic mass is 31.2. The largest absolute Gasteiger partial charge is 0.473 e. The summed E-state index contributed by atoms with van der Waals surface area (Å²) in [5.74, 6) is -0.547. The monoisotopic (exact) mass is 516 g/mol. The molecule has 190 valence electrons. The Bertz CT molecular complexity index is 1370. The molecular weight excluding hydrogens is 491 g/mol. The molecule has 5 atom stereocenters. The molecule has 1 aromatic heterocycles. The van der Waals surface area contributed by atoms with E-state index in [4.69, 9.17) is 13.8 Å². The Morgan fingerprint density at radius 1 is 1.17 bits per heavy atom. The second-order valence-electron chi connectivity index (χ2n) is 8.26. The Morgan fingerprint density at radius 2 is 1.81 bits per heavy atom. The van der Waals surface area contributed by atoms with Crippen LogP contribution in [0.2, 0.25) is 0 Å². The number of aryl methyl sites for hydroxylation is 1. The van der Waals surface area contributed by atoms with Crippen molar-refractivity contribution in [3.8, 4) is 0 Å². The summed E-state index contributed by atoms with van der Waals surface area (Å²) >= 11 is 0. The lowest BCUT2D eigenvalue weighted by Gasteiger charge is -2.24. The van der Waals surface area contributed by atoms with Gasteiger partial charge in [-0.25, -0.2) is 9.36 Å². The highest BCUT2D eigenvalue weighted by molar-refractivity contribution is 7.47. The predicted molar refractivity (Wildman–Crippen MR) is 127 cm³/mol. The number of aliphatic hydroxyl groups is 1. The number of ether oxygens (including phenoxy) is 1. The first-order chi connectivity index (χ1) is 17.2. The average Bonchev–Trinajstić information content (AvgIpc) is 3.27. The topological polar surface area (TPSA) is 157 Å². The fourth-order valence-electron chi connectivity index (χ4n) is 3.92. The molecule has 0 saturated carbocycles. The summed E-state index contributed by atoms with van der Waals surface area (Å²) < 4.78 is 30.6. The fraction of sp³-hybridized carbons (Fsp3) is 0.292. The molecule has 36 heavy (non-hydrogen) atoms. The highest BCUT2D eigenvalue weighted by Crippen LogP contribution is 2.52. The molecule has 0 bridgehead atoms. The Balaban J connectivity index is 1.56. The van der Waals surface area contributed by atoms with Crippen molar-refractivity contribution in [3.63, 3.8) is 0 Å². The number of phosphoric acid groups is 1. The fourth-order valence-corrected chi connectivity index (χ4v) is 5.01. The first-order valence-electron chi connectivity index (χ1n) is 11.1. The van der Waals surface area contributed by atoms with Crippen LogP contribution in [0.15, 0.2) is 76.4 Å². The smallest absolute Gasteiger partial charge is 0.394 e. The Morgan fingerprint density at radius 3 is 2.44 bits per heavy atom. The van der Waals surface area contributed by atoms with Gasteiger partial charge in [0, 0.05) is 23.7 Å². The van der Waals surface area contributed by atoms with E-state index in [0.29, 0.717) is 5.56 Å². The number of Topliss-reactive ketones (excluding diaryl/α,β-unsaturated/α-hetero) is 1. The molecule has 3 aromatic rings. The molecule has 0 aliphatic carbocycles. The van der Waals surface area contributed by atoms with Gasteiger partial charge in [-0.3, -0.25) is 28.2 Å². The van der Waals surface area contributed by atoms with E-state index >= 15 is 0 Å². The van der Waals surface area contributed by atoms with Gasteiger partial charge >= 0.3 is 13.5 Å². The van der Waals surface area contributed by atoms with Gasteiger partial charge in [0.1, 0.15) is 18.4 Å². The first kappa shape index (κ1) is 25.9. The maximum atomic E-state index is 13.2. The average molecular weight is 516 g/mol. The molecule has 1 aliphatic rings. The summed E-state index contributed by atoms with van der Waals surface area (Å²) in [6.07, 6.45) is -3.46. The van der Waals surface area contributed by atoms with Crippen molar-refractivity contribution in [1.29, 1.82) is 0 Å². The molecule has 0 amide bonds. The van der Waals surface area contributed by atoms with Crippen molar-refractivity contribution in [2.75, 3.05) is 6.61 Å². The SMILES string of the molecule is Cc1cn([C@H]2C[C@H](OP(=O)(O)O[C@H](C(=O)c3ccccc3)c3ccccc3)[C@@H](CO)O2)c(=O)[nH]c1=O. The third-order valence-electron chi connectivity index (χ3n) is 5.72. The van der Waals surface area contributed by atoms with Gasteiger partial charge in [-0.2, -0.15) is 0 Å². The number of hydrogen-bond donors (Lipinski definition) is 3. The van der Waals surface area contributed by atoms with Crippen LogP contribution in [0.3, 0.4) is 0 Å². The van der Waals surface area contributed by atoms with Gasteiger partial charge in [0.05, 0.1) is 6.61 Å². The molecular formula is C24H25N2O9P. The molecule has 12 heteroatoms. The van der Waals surface area contributed by atoms with E-state index in [-0.39, 0.29) is 17.5 Å². The number of hydrogen-bond acceptors (Lipinski definition) is 8. The Labute approximate surface area is 205 Å². The molecule has 1 fully saturated rings. The summed E-state index contributed by atoms with van der Waals surface area (Å²) in [7, 11) is -4.89. The lowest BCUT2D eigenvalue weighted by Crippen LogP contribution is -2.33. The number of carbonyl (C=O) groups is 1. The standard InChI is InChI=1S/C24H25N2O9P/c1-15-13-26(24(30)25-23(15)29)20-12-18(19(14-27)33-20)34-36(31,32)35-22(17-10-6-3-7-11-17)21(28)16-8-4-2-5-9-16/h2-11,13,18-20,22,27H,12,14H2,1H3,(H,31,32)(H,25,29,30)/t18-,19+,20+,22-/m0/s1. The zero-order valence-electron chi connectivity index (χ0n) is 19.2. The number of aromatic nitrogens is 2. The Kier molecular flexibility index (Phi) is 7.79. The van der Waals surface area contributed by atoms with Crippen LogP contribution in [0.25, 0.3) is 0 Å². The molecule has 2 aromatic carbocycles. The number of nitrogens with one attached hydrogen (secondary N) is 1. The summed E-state index contributed by atoms with van der Waals surface area (Å²) in [5.41, 5.74) is -0.419. The van der Waals surface area contributed by atoms with E-state index in [1.807, 2.05) is 0 Å². The number of aliphatic hydroxyl groups excluding tert-OH is 1. The van der Waals surface area contributed by atoms with Crippen LogP contribution in [-0.4, -0.2) is 44.1 Å². The van der Waals surface area contributed by atoms with Gasteiger partial charge in [0.25, 0.3) is 5.56 Å². The van der Waals surface area contributed by atoms with Crippen molar-refractivity contribution >= 4 is 13.6 Å². The van der Waals surface area contributed by atoms with Gasteiger partial charge in [0.15, 0.2) is 11.9 Å². The van der Waals surface area contributed by atoms with Gasteiger partial charge in [-0.1, -0.05) is 60.7 Å². The molecule has 1 saturated heterocycles. The summed E-state index contributed by atoms with van der Waals surface area (Å²) in [5, 5.41) is 9.75. The minimum absolute atomic E-state index is 0.104. The van der Waals surface area contributed by atoms with Crippen LogP contribution in [0.4, 0.5) is 0 Å². The minimum Gasteiger partial charge on any atom is -0.394 e. The molecule has 2 heterocycles. The lowest BCUT2D eigenvalue weighted by molar-refractivity contribution is -0.0473. The summed E-state index contributed by atoms with van der Waals surface area (Å²) in [4.78, 5) is 49.8. The van der Waals surface area contributed by atoms with E-state index in [9.17, 15) is 28.9 Å². The van der Waals surface area contributed by atoms with E-state index in [0.717, 1.165) is 4.57 Å². The van der Waals surface area contributed by atoms with E-state index in [2.05, 4.69) is 4.98 Å². The van der Waals surface area contributed by atoms with Crippen molar-refractivity contribution in [1.82, 2.24) is 9.55 Å². The van der Waals surface area contributed by atoms with Crippen LogP contribution in [-0.2, 0) is 18.3 Å². The molecule has 1 unspecified atom stereocenters. The maximum absolute atomic E-state index is 13.2. The summed E-state index contributed by atoms with van der Waals surface area (Å²) in [6.45, 7) is 0.924. The molecule has 4 rings (SSSR count). The van der Waals surface area contributed by atoms with Crippen molar-refractivity contribution in [3.05, 3.63) is 104 Å². The molecule has 11 nitrogen and oxygen atoms in total. The van der Waals surface area contributed by atoms with Gasteiger partial charge in [-0.05, 0) is 12.5 Å². The zero-order chi connectivity index (χ0) is 25.9. The summed E-state index contributed by atoms with van der Waals surface area (Å²) in [6, 6.07) is 16.4. The quantitative estimate of drug-likeness (QED) is 0.287. The number of benzene rings is 2. The van der Waals surface area contributed by atoms with Crippen molar-refractivity contribution in [2.45, 2.75) is 37.9 Å². The van der Waals surface area contributed by atoms with Crippen LogP contribution in [0.5, 0.6) is 0 Å². The third kappa shape index (κ3) is 5.79. The zero-order valence-corrected chi connectivity index (χ0v) is 20.1. The van der Waals surface area contributed by atoms with Crippen molar-refractivity contribution in [2.24, 2.45) is 0 Å². The normalized spacial score (nSPS) is 22.1. The van der Waals surface area contributed by atoms with E-state index in [1.165, 1.54) is 13.1 Å². The molecule has 1 aliphatic heterocycles. The predicted octanol–water partition coefficient (Wildman–Crippen LogP) is 2.25. The molecule has 0 spiro atoms. The molecule has 3 N–H and O–H groups in total. The number of rotatable bonds is 9. The maximum Gasteiger partial charge on any atom is 0.473 e. The third-order valence-corrected chi connectivity index (χ3v) is 6.74.